The molecule has 5 rings (SSSR count). The maximum absolute atomic E-state index is 12.1. The Morgan fingerprint density at radius 1 is 0.931 bits per heavy atom. The Hall–Kier alpha value is -3.24. The van der Waals surface area contributed by atoms with Gasteiger partial charge in [0, 0.05) is 17.0 Å². The normalized spacial score (nSPS) is 22.8. The number of nitrogens with zero attached hydrogens (tertiary/aromatic N) is 1. The van der Waals surface area contributed by atoms with Crippen LogP contribution in [0.3, 0.4) is 0 Å². The van der Waals surface area contributed by atoms with Gasteiger partial charge in [-0.25, -0.2) is 4.99 Å². The summed E-state index contributed by atoms with van der Waals surface area (Å²) in [5.41, 5.74) is 4.75. The van der Waals surface area contributed by atoms with Crippen LogP contribution in [0.2, 0.25) is 0 Å². The second-order valence-corrected chi connectivity index (χ2v) is 7.68. The van der Waals surface area contributed by atoms with Crippen LogP contribution < -0.4 is 5.32 Å². The van der Waals surface area contributed by atoms with Crippen LogP contribution >= 0.6 is 0 Å². The van der Waals surface area contributed by atoms with E-state index < -0.39 is 0 Å². The lowest BCUT2D eigenvalue weighted by molar-refractivity contribution is -0.125. The summed E-state index contributed by atoms with van der Waals surface area (Å²) < 4.78 is 5.48. The van der Waals surface area contributed by atoms with Crippen molar-refractivity contribution in [1.29, 1.82) is 0 Å². The van der Waals surface area contributed by atoms with Gasteiger partial charge in [-0.15, -0.1) is 0 Å². The van der Waals surface area contributed by atoms with E-state index in [4.69, 9.17) is 9.73 Å². The fraction of sp³-hybridized carbons (Fsp3) is 0.200. The van der Waals surface area contributed by atoms with Gasteiger partial charge < -0.3 is 10.1 Å². The first-order valence-electron chi connectivity index (χ1n) is 9.93. The van der Waals surface area contributed by atoms with Gasteiger partial charge in [-0.2, -0.15) is 0 Å². The number of ether oxygens (including phenoxy) is 1. The van der Waals surface area contributed by atoms with Crippen LogP contribution in [0.25, 0.3) is 0 Å². The van der Waals surface area contributed by atoms with Crippen molar-refractivity contribution in [1.82, 2.24) is 5.32 Å². The molecule has 1 aliphatic heterocycles. The molecule has 2 unspecified atom stereocenters. The summed E-state index contributed by atoms with van der Waals surface area (Å²) in [5.74, 6) is 0.282. The zero-order chi connectivity index (χ0) is 19.7. The van der Waals surface area contributed by atoms with Gasteiger partial charge >= 0.3 is 0 Å². The fourth-order valence-corrected chi connectivity index (χ4v) is 4.16. The maximum Gasteiger partial charge on any atom is 0.246 e. The minimum atomic E-state index is -0.307. The maximum atomic E-state index is 12.1. The summed E-state index contributed by atoms with van der Waals surface area (Å²) in [7, 11) is 0. The summed E-state index contributed by atoms with van der Waals surface area (Å²) in [6.07, 6.45) is 0.913. The standard InChI is InChI=1S/C25H22N2O2/c28-23-17-29-16-21-15-25(21,27-23)20-12-7-13-22(14-20)26-24(18-8-3-1-4-9-18)19-10-5-2-6-11-19/h1-14,21H,15-17H2,(H,27,28). The third kappa shape index (κ3) is 3.47. The minimum Gasteiger partial charge on any atom is -0.371 e. The molecule has 0 spiro atoms. The van der Waals surface area contributed by atoms with E-state index in [0.717, 1.165) is 34.5 Å². The summed E-state index contributed by atoms with van der Waals surface area (Å²) in [6.45, 7) is 0.758. The van der Waals surface area contributed by atoms with Gasteiger partial charge in [0.2, 0.25) is 5.91 Å². The van der Waals surface area contributed by atoms with Gasteiger partial charge in [-0.3, -0.25) is 4.79 Å². The largest absolute Gasteiger partial charge is 0.371 e. The summed E-state index contributed by atoms with van der Waals surface area (Å²) in [6, 6.07) is 28.6. The third-order valence-electron chi connectivity index (χ3n) is 5.72. The molecule has 0 aromatic heterocycles. The highest BCUT2D eigenvalue weighted by Crippen LogP contribution is 2.53. The molecule has 3 aromatic rings. The van der Waals surface area contributed by atoms with Crippen molar-refractivity contribution in [3.05, 3.63) is 102 Å². The van der Waals surface area contributed by atoms with E-state index in [-0.39, 0.29) is 18.1 Å². The molecule has 3 aromatic carbocycles. The Kier molecular flexibility index (Phi) is 4.49. The zero-order valence-corrected chi connectivity index (χ0v) is 16.0. The van der Waals surface area contributed by atoms with E-state index in [9.17, 15) is 4.79 Å². The predicted molar refractivity (Wildman–Crippen MR) is 113 cm³/mol. The van der Waals surface area contributed by atoms with Crippen molar-refractivity contribution in [2.45, 2.75) is 12.0 Å². The van der Waals surface area contributed by atoms with Crippen molar-refractivity contribution in [3.8, 4) is 0 Å². The average molecular weight is 382 g/mol. The molecule has 2 fully saturated rings. The molecule has 1 saturated carbocycles. The van der Waals surface area contributed by atoms with Crippen molar-refractivity contribution >= 4 is 17.3 Å². The van der Waals surface area contributed by atoms with Crippen LogP contribution in [0.5, 0.6) is 0 Å². The molecule has 0 bridgehead atoms. The molecule has 1 heterocycles. The fourth-order valence-electron chi connectivity index (χ4n) is 4.16. The second-order valence-electron chi connectivity index (χ2n) is 7.68. The summed E-state index contributed by atoms with van der Waals surface area (Å²) >= 11 is 0. The Balaban J connectivity index is 1.56. The summed E-state index contributed by atoms with van der Waals surface area (Å²) in [4.78, 5) is 17.1. The number of carbonyl (C=O) groups is 1. The average Bonchev–Trinajstić information content (AvgIpc) is 3.48. The van der Waals surface area contributed by atoms with E-state index in [0.29, 0.717) is 12.5 Å². The highest BCUT2D eigenvalue weighted by Gasteiger charge is 2.57. The number of nitrogens with one attached hydrogen (secondary N) is 1. The van der Waals surface area contributed by atoms with Gasteiger partial charge in [-0.05, 0) is 24.1 Å². The molecule has 4 heteroatoms. The molecule has 2 aliphatic rings. The van der Waals surface area contributed by atoms with Crippen molar-refractivity contribution in [2.75, 3.05) is 13.2 Å². The van der Waals surface area contributed by atoms with Crippen molar-refractivity contribution in [3.63, 3.8) is 0 Å². The van der Waals surface area contributed by atoms with Crippen LogP contribution in [0.1, 0.15) is 23.1 Å². The van der Waals surface area contributed by atoms with E-state index >= 15 is 0 Å². The van der Waals surface area contributed by atoms with Crippen LogP contribution in [0.15, 0.2) is 89.9 Å². The van der Waals surface area contributed by atoms with E-state index in [1.165, 1.54) is 0 Å². The van der Waals surface area contributed by atoms with Crippen molar-refractivity contribution < 1.29 is 9.53 Å². The van der Waals surface area contributed by atoms with Gasteiger partial charge in [-0.1, -0.05) is 72.8 Å². The predicted octanol–water partition coefficient (Wildman–Crippen LogP) is 4.22. The first-order valence-corrected chi connectivity index (χ1v) is 9.93. The Labute approximate surface area is 170 Å². The van der Waals surface area contributed by atoms with Gasteiger partial charge in [0.1, 0.15) is 6.61 Å². The summed E-state index contributed by atoms with van der Waals surface area (Å²) in [5, 5.41) is 3.18. The number of hydrogen-bond donors (Lipinski definition) is 1. The molecule has 1 aliphatic carbocycles. The highest BCUT2D eigenvalue weighted by molar-refractivity contribution is 6.13. The molecule has 144 valence electrons. The lowest BCUT2D eigenvalue weighted by Crippen LogP contribution is -2.36. The SMILES string of the molecule is O=C1COCC2CC2(c2cccc(N=C(c3ccccc3)c3ccccc3)c2)N1. The van der Waals surface area contributed by atoms with Crippen LogP contribution in [0, 0.1) is 5.92 Å². The monoisotopic (exact) mass is 382 g/mol. The number of hydrogen-bond acceptors (Lipinski definition) is 3. The number of fused-ring (bicyclic) bond motifs is 1. The number of amides is 1. The lowest BCUT2D eigenvalue weighted by atomic mass is 10.0. The van der Waals surface area contributed by atoms with Crippen LogP contribution in [-0.4, -0.2) is 24.8 Å². The minimum absolute atomic E-state index is 0.0480. The Morgan fingerprint density at radius 2 is 1.62 bits per heavy atom. The van der Waals surface area contributed by atoms with Gasteiger partial charge in [0.15, 0.2) is 0 Å². The third-order valence-corrected chi connectivity index (χ3v) is 5.72. The molecule has 29 heavy (non-hydrogen) atoms. The molecule has 1 saturated heterocycles. The van der Waals surface area contributed by atoms with E-state index in [1.54, 1.807) is 0 Å². The Morgan fingerprint density at radius 3 is 2.31 bits per heavy atom. The first-order chi connectivity index (χ1) is 14.2. The van der Waals surface area contributed by atoms with Crippen molar-refractivity contribution in [2.24, 2.45) is 10.9 Å². The van der Waals surface area contributed by atoms with E-state index in [2.05, 4.69) is 41.7 Å². The molecular weight excluding hydrogens is 360 g/mol. The van der Waals surface area contributed by atoms with Gasteiger partial charge in [0.05, 0.1) is 23.5 Å². The first kappa shape index (κ1) is 17.8. The highest BCUT2D eigenvalue weighted by atomic mass is 16.5. The van der Waals surface area contributed by atoms with Gasteiger partial charge in [0.25, 0.3) is 0 Å². The molecule has 1 N–H and O–H groups in total. The second kappa shape index (κ2) is 7.30. The van der Waals surface area contributed by atoms with Crippen LogP contribution in [0.4, 0.5) is 5.69 Å². The zero-order valence-electron chi connectivity index (χ0n) is 16.0. The smallest absolute Gasteiger partial charge is 0.246 e. The number of benzene rings is 3. The number of aliphatic imine (C=N–C) groups is 1. The quantitative estimate of drug-likeness (QED) is 0.687. The molecule has 2 atom stereocenters. The molecular formula is C25H22N2O2. The molecule has 4 nitrogen and oxygen atoms in total. The molecule has 1 amide bonds. The lowest BCUT2D eigenvalue weighted by Gasteiger charge is -2.18. The number of rotatable bonds is 4. The van der Waals surface area contributed by atoms with E-state index in [1.807, 2.05) is 48.5 Å². The van der Waals surface area contributed by atoms with Crippen LogP contribution in [-0.2, 0) is 15.1 Å². The number of carbonyl (C=O) groups excluding carboxylic acids is 1. The molecule has 0 radical (unpaired) electrons. The topological polar surface area (TPSA) is 50.7 Å². The Bertz CT molecular complexity index is 1020.